The molecule has 0 bridgehead atoms. The molecule has 2 rings (SSSR count). The predicted octanol–water partition coefficient (Wildman–Crippen LogP) is 1.67. The van der Waals surface area contributed by atoms with E-state index in [2.05, 4.69) is 4.98 Å². The zero-order valence-electron chi connectivity index (χ0n) is 7.55. The largest absolute Gasteiger partial charge is 0.440 e. The molecule has 66 valence electrons. The monoisotopic (exact) mass is 181 g/mol. The van der Waals surface area contributed by atoms with Gasteiger partial charge in [0.2, 0.25) is 5.88 Å². The van der Waals surface area contributed by atoms with Crippen molar-refractivity contribution in [2.45, 2.75) is 0 Å². The van der Waals surface area contributed by atoms with Crippen molar-refractivity contribution in [1.29, 1.82) is 0 Å². The molecule has 0 N–H and O–H groups in total. The van der Waals surface area contributed by atoms with Gasteiger partial charge in [-0.05, 0) is 23.7 Å². The number of pyridine rings is 1. The summed E-state index contributed by atoms with van der Waals surface area (Å²) < 4.78 is 5.47. The van der Waals surface area contributed by atoms with Crippen LogP contribution in [-0.2, 0) is 0 Å². The van der Waals surface area contributed by atoms with E-state index in [4.69, 9.17) is 12.6 Å². The van der Waals surface area contributed by atoms with Gasteiger partial charge in [0.05, 0.1) is 0 Å². The molecule has 0 atom stereocenters. The van der Waals surface area contributed by atoms with Gasteiger partial charge in [-0.25, -0.2) is 4.98 Å². The van der Waals surface area contributed by atoms with E-state index in [1.54, 1.807) is 18.3 Å². The molecule has 0 saturated heterocycles. The van der Waals surface area contributed by atoms with Gasteiger partial charge in [0.25, 0.3) is 0 Å². The van der Waals surface area contributed by atoms with E-state index in [0.717, 1.165) is 5.75 Å². The van der Waals surface area contributed by atoms with E-state index in [1.165, 1.54) is 0 Å². The lowest BCUT2D eigenvalue weighted by Crippen LogP contribution is -2.07. The normalized spacial score (nSPS) is 9.71. The number of hydrogen-bond donors (Lipinski definition) is 0. The summed E-state index contributed by atoms with van der Waals surface area (Å²) in [6, 6.07) is 13.0. The topological polar surface area (TPSA) is 22.1 Å². The van der Waals surface area contributed by atoms with Gasteiger partial charge >= 0.3 is 0 Å². The molecule has 0 unspecified atom stereocenters. The van der Waals surface area contributed by atoms with E-state index >= 15 is 0 Å². The van der Waals surface area contributed by atoms with Crippen molar-refractivity contribution in [1.82, 2.24) is 4.98 Å². The van der Waals surface area contributed by atoms with Crippen LogP contribution < -0.4 is 10.2 Å². The van der Waals surface area contributed by atoms with Crippen LogP contribution in [0, 0.1) is 0 Å². The third-order valence-corrected chi connectivity index (χ3v) is 1.76. The average molecular weight is 181 g/mol. The summed E-state index contributed by atoms with van der Waals surface area (Å²) in [6.07, 6.45) is 1.65. The molecule has 2 radical (unpaired) electrons. The average Bonchev–Trinajstić information content (AvgIpc) is 2.23. The minimum Gasteiger partial charge on any atom is -0.440 e. The summed E-state index contributed by atoms with van der Waals surface area (Å²) in [7, 11) is 5.68. The summed E-state index contributed by atoms with van der Waals surface area (Å²) in [6.45, 7) is 0. The Morgan fingerprint density at radius 3 is 2.50 bits per heavy atom. The van der Waals surface area contributed by atoms with Crippen molar-refractivity contribution >= 4 is 13.3 Å². The van der Waals surface area contributed by atoms with Gasteiger partial charge in [-0.15, -0.1) is 0 Å². The Morgan fingerprint density at radius 1 is 1.00 bits per heavy atom. The van der Waals surface area contributed by atoms with Gasteiger partial charge in [0.1, 0.15) is 13.6 Å². The van der Waals surface area contributed by atoms with Crippen molar-refractivity contribution < 1.29 is 4.74 Å². The highest BCUT2D eigenvalue weighted by Gasteiger charge is 1.99. The maximum atomic E-state index is 5.68. The molecule has 2 aromatic rings. The fraction of sp³-hybridized carbons (Fsp3) is 0. The summed E-state index contributed by atoms with van der Waals surface area (Å²) >= 11 is 0. The van der Waals surface area contributed by atoms with Crippen LogP contribution in [0.2, 0.25) is 0 Å². The highest BCUT2D eigenvalue weighted by molar-refractivity contribution is 6.33. The third kappa shape index (κ3) is 1.94. The van der Waals surface area contributed by atoms with Crippen LogP contribution in [0.1, 0.15) is 0 Å². The summed E-state index contributed by atoms with van der Waals surface area (Å²) in [5, 5.41) is 0. The van der Waals surface area contributed by atoms with Crippen molar-refractivity contribution in [3.8, 4) is 11.6 Å². The summed E-state index contributed by atoms with van der Waals surface area (Å²) in [5.74, 6) is 1.18. The van der Waals surface area contributed by atoms with Crippen LogP contribution in [0.4, 0.5) is 0 Å². The Kier molecular flexibility index (Phi) is 2.50. The first-order valence-electron chi connectivity index (χ1n) is 4.29. The molecule has 0 aliphatic carbocycles. The smallest absolute Gasteiger partial charge is 0.211 e. The van der Waals surface area contributed by atoms with Gasteiger partial charge < -0.3 is 4.74 Å². The quantitative estimate of drug-likeness (QED) is 0.657. The first kappa shape index (κ1) is 8.82. The number of aromatic nitrogens is 1. The Labute approximate surface area is 84.0 Å². The number of rotatable bonds is 2. The van der Waals surface area contributed by atoms with Gasteiger partial charge in [-0.3, -0.25) is 0 Å². The van der Waals surface area contributed by atoms with Crippen LogP contribution in [-0.4, -0.2) is 12.8 Å². The lowest BCUT2D eigenvalue weighted by molar-refractivity contribution is 0.467. The van der Waals surface area contributed by atoms with Crippen LogP contribution >= 0.6 is 0 Å². The molecule has 0 fully saturated rings. The predicted molar refractivity (Wildman–Crippen MR) is 56.1 cm³/mol. The maximum Gasteiger partial charge on any atom is 0.211 e. The molecule has 0 aliphatic heterocycles. The first-order valence-corrected chi connectivity index (χ1v) is 4.29. The van der Waals surface area contributed by atoms with E-state index in [-0.39, 0.29) is 0 Å². The van der Waals surface area contributed by atoms with Crippen molar-refractivity contribution in [3.63, 3.8) is 0 Å². The molecule has 3 heteroatoms. The van der Waals surface area contributed by atoms with Crippen LogP contribution in [0.5, 0.6) is 11.6 Å². The molecule has 1 aromatic carbocycles. The van der Waals surface area contributed by atoms with Gasteiger partial charge in [-0.1, -0.05) is 24.3 Å². The number of nitrogens with zero attached hydrogens (tertiary/aromatic N) is 1. The number of benzene rings is 1. The Balaban J connectivity index is 2.24. The minimum absolute atomic E-state index is 0.443. The SMILES string of the molecule is [B]c1cccnc1Oc1ccccc1. The highest BCUT2D eigenvalue weighted by Crippen LogP contribution is 2.15. The molecule has 0 saturated carbocycles. The Bertz CT molecular complexity index is 417. The molecule has 14 heavy (non-hydrogen) atoms. The maximum absolute atomic E-state index is 5.68. The molecule has 1 aromatic heterocycles. The van der Waals surface area contributed by atoms with Gasteiger partial charge in [0.15, 0.2) is 0 Å². The standard InChI is InChI=1S/C11H8BNO/c12-10-7-4-8-13-11(10)14-9-5-2-1-3-6-9/h1-8H. The Morgan fingerprint density at radius 2 is 1.79 bits per heavy atom. The van der Waals surface area contributed by atoms with E-state index in [9.17, 15) is 0 Å². The molecule has 1 heterocycles. The lowest BCUT2D eigenvalue weighted by atomic mass is 9.98. The van der Waals surface area contributed by atoms with Crippen LogP contribution in [0.25, 0.3) is 0 Å². The fourth-order valence-electron chi connectivity index (χ4n) is 1.09. The Hall–Kier alpha value is -1.77. The second kappa shape index (κ2) is 3.96. The fourth-order valence-corrected chi connectivity index (χ4v) is 1.09. The zero-order valence-corrected chi connectivity index (χ0v) is 7.55. The number of ether oxygens (including phenoxy) is 1. The van der Waals surface area contributed by atoms with Crippen LogP contribution in [0.15, 0.2) is 48.7 Å². The molecule has 0 spiro atoms. The lowest BCUT2D eigenvalue weighted by Gasteiger charge is -2.06. The molecular weight excluding hydrogens is 173 g/mol. The molecule has 0 aliphatic rings. The van der Waals surface area contributed by atoms with Crippen molar-refractivity contribution in [3.05, 3.63) is 48.7 Å². The van der Waals surface area contributed by atoms with E-state index < -0.39 is 0 Å². The molecular formula is C11H8BNO. The van der Waals surface area contributed by atoms with Gasteiger partial charge in [-0.2, -0.15) is 0 Å². The van der Waals surface area contributed by atoms with Crippen molar-refractivity contribution in [2.75, 3.05) is 0 Å². The van der Waals surface area contributed by atoms with E-state index in [0.29, 0.717) is 11.3 Å². The van der Waals surface area contributed by atoms with Crippen molar-refractivity contribution in [2.24, 2.45) is 0 Å². The highest BCUT2D eigenvalue weighted by atomic mass is 16.5. The summed E-state index contributed by atoms with van der Waals surface area (Å²) in [5.41, 5.74) is 0.538. The first-order chi connectivity index (χ1) is 6.86. The van der Waals surface area contributed by atoms with Gasteiger partial charge in [0, 0.05) is 6.20 Å². The summed E-state index contributed by atoms with van der Waals surface area (Å²) in [4.78, 5) is 4.03. The van der Waals surface area contributed by atoms with Crippen LogP contribution in [0.3, 0.4) is 0 Å². The number of hydrogen-bond acceptors (Lipinski definition) is 2. The minimum atomic E-state index is 0.443. The molecule has 2 nitrogen and oxygen atoms in total. The second-order valence-electron chi connectivity index (χ2n) is 2.81. The third-order valence-electron chi connectivity index (χ3n) is 1.76. The van der Waals surface area contributed by atoms with E-state index in [1.807, 2.05) is 30.3 Å². The second-order valence-corrected chi connectivity index (χ2v) is 2.81. The molecule has 0 amide bonds. The zero-order chi connectivity index (χ0) is 9.80. The number of para-hydroxylation sites is 1.